The van der Waals surface area contributed by atoms with Crippen molar-refractivity contribution in [2.24, 2.45) is 11.3 Å². The van der Waals surface area contributed by atoms with Crippen LogP contribution >= 0.6 is 0 Å². The van der Waals surface area contributed by atoms with Crippen molar-refractivity contribution < 1.29 is 4.74 Å². The highest BCUT2D eigenvalue weighted by Gasteiger charge is 2.24. The Kier molecular flexibility index (Phi) is 9.85. The second-order valence-electron chi connectivity index (χ2n) is 5.68. The van der Waals surface area contributed by atoms with Gasteiger partial charge in [-0.15, -0.1) is 0 Å². The molecule has 0 aromatic heterocycles. The van der Waals surface area contributed by atoms with E-state index in [2.05, 4.69) is 33.0 Å². The maximum Gasteiger partial charge on any atom is 0.0462 e. The van der Waals surface area contributed by atoms with Crippen LogP contribution in [0, 0.1) is 11.3 Å². The molecule has 17 heavy (non-hydrogen) atoms. The van der Waals surface area contributed by atoms with Crippen molar-refractivity contribution in [1.82, 2.24) is 5.32 Å². The third kappa shape index (κ3) is 7.77. The average Bonchev–Trinajstić information content (AvgIpc) is 2.32. The van der Waals surface area contributed by atoms with Gasteiger partial charge in [0.25, 0.3) is 0 Å². The summed E-state index contributed by atoms with van der Waals surface area (Å²) in [4.78, 5) is 0. The van der Waals surface area contributed by atoms with Crippen LogP contribution in [0.3, 0.4) is 0 Å². The Hall–Kier alpha value is -0.0800. The van der Waals surface area contributed by atoms with Gasteiger partial charge < -0.3 is 10.1 Å². The van der Waals surface area contributed by atoms with Gasteiger partial charge in [-0.25, -0.2) is 0 Å². The Bertz CT molecular complexity index is 164. The Labute approximate surface area is 109 Å². The Morgan fingerprint density at radius 2 is 1.76 bits per heavy atom. The zero-order valence-corrected chi connectivity index (χ0v) is 12.6. The number of ether oxygens (including phenoxy) is 1. The fraction of sp³-hybridized carbons (Fsp3) is 1.00. The number of methoxy groups -OCH3 is 1. The standard InChI is InChI=1S/C15H33NO/c1-6-15(7-2,10-8-9-11-17-5)13-16-12-14(3)4/h14,16H,6-13H2,1-5H3. The van der Waals surface area contributed by atoms with Crippen LogP contribution in [0.4, 0.5) is 0 Å². The van der Waals surface area contributed by atoms with E-state index in [1.165, 1.54) is 38.6 Å². The first-order chi connectivity index (χ1) is 8.10. The molecular formula is C15H33NO. The molecule has 2 nitrogen and oxygen atoms in total. The monoisotopic (exact) mass is 243 g/mol. The molecule has 0 saturated heterocycles. The zero-order chi connectivity index (χ0) is 13.1. The van der Waals surface area contributed by atoms with Crippen LogP contribution < -0.4 is 5.32 Å². The third-order valence-electron chi connectivity index (χ3n) is 3.86. The number of nitrogens with one attached hydrogen (secondary N) is 1. The lowest BCUT2D eigenvalue weighted by Gasteiger charge is -2.32. The van der Waals surface area contributed by atoms with Crippen LogP contribution in [0.25, 0.3) is 0 Å². The van der Waals surface area contributed by atoms with Crippen LogP contribution in [0.15, 0.2) is 0 Å². The lowest BCUT2D eigenvalue weighted by molar-refractivity contribution is 0.173. The van der Waals surface area contributed by atoms with Gasteiger partial charge in [-0.1, -0.05) is 34.1 Å². The van der Waals surface area contributed by atoms with Gasteiger partial charge in [0.2, 0.25) is 0 Å². The van der Waals surface area contributed by atoms with E-state index in [1.54, 1.807) is 7.11 Å². The van der Waals surface area contributed by atoms with E-state index in [9.17, 15) is 0 Å². The summed E-state index contributed by atoms with van der Waals surface area (Å²) in [5.74, 6) is 0.745. The first-order valence-corrected chi connectivity index (χ1v) is 7.30. The maximum absolute atomic E-state index is 5.12. The molecule has 0 unspecified atom stereocenters. The molecule has 0 fully saturated rings. The van der Waals surface area contributed by atoms with Crippen LogP contribution in [0.1, 0.15) is 59.8 Å². The lowest BCUT2D eigenvalue weighted by atomic mass is 9.77. The van der Waals surface area contributed by atoms with Gasteiger partial charge in [0.1, 0.15) is 0 Å². The van der Waals surface area contributed by atoms with Gasteiger partial charge in [0, 0.05) is 20.3 Å². The molecule has 104 valence electrons. The maximum atomic E-state index is 5.12. The topological polar surface area (TPSA) is 21.3 Å². The molecule has 0 amide bonds. The molecule has 0 aromatic rings. The summed E-state index contributed by atoms with van der Waals surface area (Å²) in [6.07, 6.45) is 6.37. The molecular weight excluding hydrogens is 210 g/mol. The molecule has 0 radical (unpaired) electrons. The molecule has 0 spiro atoms. The minimum Gasteiger partial charge on any atom is -0.385 e. The van der Waals surface area contributed by atoms with Gasteiger partial charge in [-0.2, -0.15) is 0 Å². The highest BCUT2D eigenvalue weighted by atomic mass is 16.5. The molecule has 0 aromatic carbocycles. The van der Waals surface area contributed by atoms with E-state index in [0.29, 0.717) is 5.41 Å². The first-order valence-electron chi connectivity index (χ1n) is 7.30. The van der Waals surface area contributed by atoms with Gasteiger partial charge in [-0.3, -0.25) is 0 Å². The highest BCUT2D eigenvalue weighted by molar-refractivity contribution is 4.79. The van der Waals surface area contributed by atoms with Crippen molar-refractivity contribution in [3.63, 3.8) is 0 Å². The van der Waals surface area contributed by atoms with E-state index < -0.39 is 0 Å². The molecule has 0 saturated carbocycles. The van der Waals surface area contributed by atoms with E-state index in [4.69, 9.17) is 4.74 Å². The number of rotatable bonds is 11. The number of unbranched alkanes of at least 4 members (excludes halogenated alkanes) is 1. The quantitative estimate of drug-likeness (QED) is 0.556. The van der Waals surface area contributed by atoms with Crippen LogP contribution in [-0.2, 0) is 4.74 Å². The van der Waals surface area contributed by atoms with Crippen molar-refractivity contribution in [2.45, 2.75) is 59.8 Å². The minimum atomic E-state index is 0.503. The first kappa shape index (κ1) is 16.9. The van der Waals surface area contributed by atoms with E-state index in [0.717, 1.165) is 19.1 Å². The van der Waals surface area contributed by atoms with Crippen LogP contribution in [0.2, 0.25) is 0 Å². The molecule has 0 aliphatic carbocycles. The SMILES string of the molecule is CCC(CC)(CCCCOC)CNCC(C)C. The fourth-order valence-electron chi connectivity index (χ4n) is 2.31. The summed E-state index contributed by atoms with van der Waals surface area (Å²) < 4.78 is 5.12. The zero-order valence-electron chi connectivity index (χ0n) is 12.6. The van der Waals surface area contributed by atoms with Gasteiger partial charge in [0.05, 0.1) is 0 Å². The molecule has 0 atom stereocenters. The minimum absolute atomic E-state index is 0.503. The third-order valence-corrected chi connectivity index (χ3v) is 3.86. The number of hydrogen-bond donors (Lipinski definition) is 1. The fourth-order valence-corrected chi connectivity index (χ4v) is 2.31. The molecule has 1 N–H and O–H groups in total. The predicted octanol–water partition coefficient (Wildman–Crippen LogP) is 3.86. The Balaban J connectivity index is 3.97. The normalized spacial score (nSPS) is 12.4. The number of hydrogen-bond acceptors (Lipinski definition) is 2. The molecule has 0 bridgehead atoms. The molecule has 0 aliphatic rings. The second-order valence-corrected chi connectivity index (χ2v) is 5.68. The van der Waals surface area contributed by atoms with Crippen molar-refractivity contribution >= 4 is 0 Å². The van der Waals surface area contributed by atoms with Gasteiger partial charge in [0.15, 0.2) is 0 Å². The predicted molar refractivity (Wildman–Crippen MR) is 76.4 cm³/mol. The molecule has 0 rings (SSSR count). The van der Waals surface area contributed by atoms with Gasteiger partial charge in [-0.05, 0) is 43.6 Å². The molecule has 2 heteroatoms. The van der Waals surface area contributed by atoms with Crippen LogP contribution in [-0.4, -0.2) is 26.8 Å². The average molecular weight is 243 g/mol. The molecule has 0 heterocycles. The van der Waals surface area contributed by atoms with Gasteiger partial charge >= 0.3 is 0 Å². The summed E-state index contributed by atoms with van der Waals surface area (Å²) in [6, 6.07) is 0. The van der Waals surface area contributed by atoms with E-state index in [-0.39, 0.29) is 0 Å². The summed E-state index contributed by atoms with van der Waals surface area (Å²) in [5.41, 5.74) is 0.503. The summed E-state index contributed by atoms with van der Waals surface area (Å²) in [7, 11) is 1.79. The van der Waals surface area contributed by atoms with Crippen LogP contribution in [0.5, 0.6) is 0 Å². The second kappa shape index (κ2) is 9.90. The molecule has 0 aliphatic heterocycles. The van der Waals surface area contributed by atoms with E-state index in [1.807, 2.05) is 0 Å². The summed E-state index contributed by atoms with van der Waals surface area (Å²) in [6.45, 7) is 12.4. The van der Waals surface area contributed by atoms with Crippen molar-refractivity contribution in [1.29, 1.82) is 0 Å². The lowest BCUT2D eigenvalue weighted by Crippen LogP contribution is -2.35. The van der Waals surface area contributed by atoms with Crippen molar-refractivity contribution in [3.8, 4) is 0 Å². The largest absolute Gasteiger partial charge is 0.385 e. The Morgan fingerprint density at radius 1 is 1.12 bits per heavy atom. The Morgan fingerprint density at radius 3 is 2.24 bits per heavy atom. The summed E-state index contributed by atoms with van der Waals surface area (Å²) in [5, 5.41) is 3.64. The van der Waals surface area contributed by atoms with Crippen molar-refractivity contribution in [3.05, 3.63) is 0 Å². The summed E-state index contributed by atoms with van der Waals surface area (Å²) >= 11 is 0. The smallest absolute Gasteiger partial charge is 0.0462 e. The van der Waals surface area contributed by atoms with Crippen molar-refractivity contribution in [2.75, 3.05) is 26.8 Å². The highest BCUT2D eigenvalue weighted by Crippen LogP contribution is 2.31. The van der Waals surface area contributed by atoms with E-state index >= 15 is 0 Å².